The number of aliphatic hydroxyl groups is 1. The average Bonchev–Trinajstić information content (AvgIpc) is 3.24. The SMILES string of the molecule is CCCCCCCCCCCCCCCCC(C(=O)O)C(O)(C(=O)O)C(CCCCCCCCCCCCCCCC)(CCCCCCCCCCCCCCCC)C(=O)O. The first-order valence-corrected chi connectivity index (χ1v) is 27.1. The van der Waals surface area contributed by atoms with E-state index in [1.54, 1.807) is 0 Å². The van der Waals surface area contributed by atoms with Crippen LogP contribution in [0.2, 0.25) is 0 Å². The predicted octanol–water partition coefficient (Wildman–Crippen LogP) is 17.2. The number of rotatable bonds is 50. The lowest BCUT2D eigenvalue weighted by Gasteiger charge is -2.45. The summed E-state index contributed by atoms with van der Waals surface area (Å²) in [7, 11) is 0. The van der Waals surface area contributed by atoms with Crippen LogP contribution < -0.4 is 0 Å². The first-order valence-electron chi connectivity index (χ1n) is 27.1. The fraction of sp³-hybridized carbons (Fsp3) is 0.944. The van der Waals surface area contributed by atoms with Crippen molar-refractivity contribution in [3.05, 3.63) is 0 Å². The number of carboxylic acid groups (broad SMARTS) is 3. The zero-order valence-electron chi connectivity index (χ0n) is 40.9. The maximum Gasteiger partial charge on any atom is 0.337 e. The lowest BCUT2D eigenvalue weighted by atomic mass is 9.59. The molecule has 0 aromatic heterocycles. The van der Waals surface area contributed by atoms with Gasteiger partial charge in [0.1, 0.15) is 5.41 Å². The van der Waals surface area contributed by atoms with Crippen molar-refractivity contribution in [3.8, 4) is 0 Å². The van der Waals surface area contributed by atoms with Gasteiger partial charge in [0, 0.05) is 0 Å². The third-order valence-corrected chi connectivity index (χ3v) is 14.0. The minimum absolute atomic E-state index is 0.0237. The Hall–Kier alpha value is -1.63. The van der Waals surface area contributed by atoms with Gasteiger partial charge in [-0.3, -0.25) is 9.59 Å². The van der Waals surface area contributed by atoms with Crippen LogP contribution >= 0.6 is 0 Å². The molecule has 0 bridgehead atoms. The van der Waals surface area contributed by atoms with Gasteiger partial charge in [-0.2, -0.15) is 0 Å². The first-order chi connectivity index (χ1) is 29.7. The van der Waals surface area contributed by atoms with Crippen molar-refractivity contribution in [1.82, 2.24) is 0 Å². The van der Waals surface area contributed by atoms with E-state index >= 15 is 0 Å². The van der Waals surface area contributed by atoms with E-state index in [1.165, 1.54) is 173 Å². The molecular weight excluding hydrogens is 761 g/mol. The highest BCUT2D eigenvalue weighted by molar-refractivity contribution is 5.93. The Morgan fingerprint density at radius 2 is 0.541 bits per heavy atom. The van der Waals surface area contributed by atoms with Gasteiger partial charge in [-0.25, -0.2) is 4.79 Å². The first kappa shape index (κ1) is 59.4. The zero-order valence-corrected chi connectivity index (χ0v) is 40.9. The smallest absolute Gasteiger partial charge is 0.337 e. The molecule has 0 aromatic carbocycles. The van der Waals surface area contributed by atoms with Gasteiger partial charge in [0.15, 0.2) is 5.60 Å². The van der Waals surface area contributed by atoms with E-state index in [0.717, 1.165) is 77.0 Å². The summed E-state index contributed by atoms with van der Waals surface area (Å²) in [5, 5.41) is 44.4. The summed E-state index contributed by atoms with van der Waals surface area (Å²) in [5.41, 5.74) is -4.96. The predicted molar refractivity (Wildman–Crippen MR) is 259 cm³/mol. The molecule has 61 heavy (non-hydrogen) atoms. The van der Waals surface area contributed by atoms with E-state index in [4.69, 9.17) is 0 Å². The monoisotopic (exact) mass is 865 g/mol. The van der Waals surface area contributed by atoms with Crippen LogP contribution in [-0.2, 0) is 14.4 Å². The average molecular weight is 865 g/mol. The van der Waals surface area contributed by atoms with Crippen molar-refractivity contribution in [3.63, 3.8) is 0 Å². The number of unbranched alkanes of at least 4 members (excludes halogenated alkanes) is 39. The highest BCUT2D eigenvalue weighted by Crippen LogP contribution is 2.48. The van der Waals surface area contributed by atoms with Gasteiger partial charge in [0.2, 0.25) is 0 Å². The molecule has 7 heteroatoms. The number of carboxylic acids is 3. The van der Waals surface area contributed by atoms with Gasteiger partial charge in [-0.05, 0) is 19.3 Å². The molecule has 0 rings (SSSR count). The standard InChI is InChI=1S/C54H104O7/c1-4-7-10-13-16-19-22-25-28-31-34-37-40-43-46-49(50(55)56)54(61,52(59)60)53(51(57)58,47-44-41-38-35-32-29-26-23-20-17-14-11-8-5-2)48-45-42-39-36-33-30-27-24-21-18-15-12-9-6-3/h49,61H,4-48H2,1-3H3,(H,55,56)(H,57,58)(H,59,60). The molecule has 0 aliphatic rings. The molecule has 0 aliphatic carbocycles. The minimum atomic E-state index is -2.89. The van der Waals surface area contributed by atoms with E-state index in [9.17, 15) is 34.8 Å². The number of aliphatic carboxylic acids is 3. The number of hydrogen-bond donors (Lipinski definition) is 4. The fourth-order valence-electron chi connectivity index (χ4n) is 9.87. The van der Waals surface area contributed by atoms with Crippen LogP contribution in [0.25, 0.3) is 0 Å². The summed E-state index contributed by atoms with van der Waals surface area (Å²) in [4.78, 5) is 39.5. The topological polar surface area (TPSA) is 132 Å². The maximum absolute atomic E-state index is 13.4. The lowest BCUT2D eigenvalue weighted by Crippen LogP contribution is -2.64. The Balaban J connectivity index is 5.29. The van der Waals surface area contributed by atoms with Crippen molar-refractivity contribution in [1.29, 1.82) is 0 Å². The van der Waals surface area contributed by atoms with Crippen molar-refractivity contribution in [2.75, 3.05) is 0 Å². The molecule has 2 atom stereocenters. The Bertz CT molecular complexity index is 966. The molecule has 0 radical (unpaired) electrons. The number of hydrogen-bond acceptors (Lipinski definition) is 4. The van der Waals surface area contributed by atoms with Gasteiger partial charge >= 0.3 is 17.9 Å². The molecule has 2 unspecified atom stereocenters. The summed E-state index contributed by atoms with van der Waals surface area (Å²) in [6, 6.07) is 0. The molecule has 0 saturated carbocycles. The second-order valence-electron chi connectivity index (χ2n) is 19.4. The summed E-state index contributed by atoms with van der Waals surface area (Å²) < 4.78 is 0. The van der Waals surface area contributed by atoms with Crippen LogP contribution in [0.1, 0.15) is 310 Å². The molecule has 0 fully saturated rings. The second-order valence-corrected chi connectivity index (χ2v) is 19.4. The van der Waals surface area contributed by atoms with Crippen molar-refractivity contribution >= 4 is 17.9 Å². The van der Waals surface area contributed by atoms with Gasteiger partial charge in [-0.15, -0.1) is 0 Å². The van der Waals surface area contributed by atoms with Crippen LogP contribution in [0, 0.1) is 11.3 Å². The highest BCUT2D eigenvalue weighted by Gasteiger charge is 2.65. The van der Waals surface area contributed by atoms with Gasteiger partial charge in [0.25, 0.3) is 0 Å². The summed E-state index contributed by atoms with van der Waals surface area (Å²) >= 11 is 0. The number of carbonyl (C=O) groups is 3. The Kier molecular flexibility index (Phi) is 41.2. The molecule has 4 N–H and O–H groups in total. The van der Waals surface area contributed by atoms with E-state index in [0.29, 0.717) is 19.3 Å². The fourth-order valence-corrected chi connectivity index (χ4v) is 9.87. The van der Waals surface area contributed by atoms with Gasteiger partial charge in [-0.1, -0.05) is 290 Å². The summed E-state index contributed by atoms with van der Waals surface area (Å²) in [6.45, 7) is 6.74. The Morgan fingerprint density at radius 3 is 0.738 bits per heavy atom. The molecule has 0 spiro atoms. The third kappa shape index (κ3) is 29.4. The quantitative estimate of drug-likeness (QED) is 0.0448. The molecule has 0 aromatic rings. The van der Waals surface area contributed by atoms with Crippen molar-refractivity contribution in [2.45, 2.75) is 315 Å². The minimum Gasteiger partial charge on any atom is -0.481 e. The lowest BCUT2D eigenvalue weighted by molar-refractivity contribution is -0.207. The van der Waals surface area contributed by atoms with E-state index < -0.39 is 34.8 Å². The zero-order chi connectivity index (χ0) is 45.1. The van der Waals surface area contributed by atoms with E-state index in [-0.39, 0.29) is 19.3 Å². The van der Waals surface area contributed by atoms with Gasteiger partial charge in [0.05, 0.1) is 5.92 Å². The summed E-state index contributed by atoms with van der Waals surface area (Å²) in [5.74, 6) is -6.17. The molecule has 0 saturated heterocycles. The second kappa shape index (κ2) is 42.3. The van der Waals surface area contributed by atoms with Crippen LogP contribution in [0.5, 0.6) is 0 Å². The third-order valence-electron chi connectivity index (χ3n) is 14.0. The summed E-state index contributed by atoms with van der Waals surface area (Å²) in [6.07, 6.45) is 47.9. The van der Waals surface area contributed by atoms with E-state index in [2.05, 4.69) is 20.8 Å². The van der Waals surface area contributed by atoms with Gasteiger partial charge < -0.3 is 20.4 Å². The van der Waals surface area contributed by atoms with Crippen LogP contribution in [-0.4, -0.2) is 43.9 Å². The van der Waals surface area contributed by atoms with Crippen LogP contribution in [0.4, 0.5) is 0 Å². The molecule has 0 amide bonds. The largest absolute Gasteiger partial charge is 0.481 e. The van der Waals surface area contributed by atoms with Crippen LogP contribution in [0.3, 0.4) is 0 Å². The molecule has 7 nitrogen and oxygen atoms in total. The van der Waals surface area contributed by atoms with Crippen molar-refractivity contribution < 1.29 is 34.8 Å². The normalized spacial score (nSPS) is 13.4. The molecule has 0 heterocycles. The maximum atomic E-state index is 13.4. The Labute approximate surface area is 378 Å². The highest BCUT2D eigenvalue weighted by atomic mass is 16.4. The van der Waals surface area contributed by atoms with E-state index in [1.807, 2.05) is 0 Å². The van der Waals surface area contributed by atoms with Crippen molar-refractivity contribution in [2.24, 2.45) is 11.3 Å². The van der Waals surface area contributed by atoms with Crippen LogP contribution in [0.15, 0.2) is 0 Å². The Morgan fingerprint density at radius 1 is 0.328 bits per heavy atom. The molecule has 0 aliphatic heterocycles. The molecular formula is C54H104O7. The molecule has 362 valence electrons.